The molecule has 0 aliphatic heterocycles. The largest absolute Gasteiger partial charge is 0.454 e. The molecule has 19 rings (SSSR count). The Hall–Kier alpha value is -11.2. The fraction of sp³-hybridized carbons (Fsp3) is 0.140. The number of fused-ring (bicyclic) bond motifs is 13. The van der Waals surface area contributed by atoms with Crippen LogP contribution in [0.1, 0.15) is 109 Å². The SMILES string of the molecule is c1ccc(-c2cccc(N(c3cc4c(c5ccccc35)-c3c(cc(N(c5cccc(-c6ccccc6)c5)c5cccc6c5oc5c(C7CCCCC7)cccc56)c5ccccc35)C4(c3ccccc3)c3ccccc3)c3cccc4c3oc3c(C5CCCCC5)cccc34)c2)cc1. The Morgan fingerprint density at radius 1 is 0.258 bits per heavy atom. The minimum Gasteiger partial charge on any atom is -0.454 e. The van der Waals surface area contributed by atoms with Crippen LogP contribution < -0.4 is 9.80 Å². The Kier molecular flexibility index (Phi) is 13.9. The van der Waals surface area contributed by atoms with Gasteiger partial charge in [0.15, 0.2) is 11.2 Å². The molecule has 0 bridgehead atoms. The normalized spacial score (nSPS) is 14.8. The summed E-state index contributed by atoms with van der Waals surface area (Å²) < 4.78 is 15.1. The Labute approximate surface area is 566 Å². The lowest BCUT2D eigenvalue weighted by Gasteiger charge is -2.36. The first-order valence-electron chi connectivity index (χ1n) is 35.2. The van der Waals surface area contributed by atoms with Gasteiger partial charge in [0.2, 0.25) is 0 Å². The zero-order chi connectivity index (χ0) is 64.0. The van der Waals surface area contributed by atoms with Crippen LogP contribution >= 0.6 is 0 Å². The van der Waals surface area contributed by atoms with Crippen molar-refractivity contribution in [3.8, 4) is 33.4 Å². The second-order valence-corrected chi connectivity index (χ2v) is 27.3. The maximum absolute atomic E-state index is 7.56. The molecule has 4 heteroatoms. The number of hydrogen-bond acceptors (Lipinski definition) is 4. The maximum Gasteiger partial charge on any atom is 0.159 e. The van der Waals surface area contributed by atoms with Gasteiger partial charge in [-0.05, 0) is 164 Å². The molecule has 0 amide bonds. The van der Waals surface area contributed by atoms with Crippen LogP contribution in [0.4, 0.5) is 34.1 Å². The van der Waals surface area contributed by atoms with E-state index in [0.29, 0.717) is 11.8 Å². The molecule has 2 aromatic heterocycles. The van der Waals surface area contributed by atoms with Gasteiger partial charge in [-0.1, -0.05) is 293 Å². The molecule has 0 N–H and O–H groups in total. The molecule has 0 saturated heterocycles. The highest BCUT2D eigenvalue weighted by Gasteiger charge is 2.49. The molecule has 466 valence electrons. The fourth-order valence-electron chi connectivity index (χ4n) is 17.7. The number of nitrogens with zero attached hydrogens (tertiary/aromatic N) is 2. The van der Waals surface area contributed by atoms with Crippen LogP contribution in [0.25, 0.3) is 98.8 Å². The van der Waals surface area contributed by atoms with Gasteiger partial charge in [-0.3, -0.25) is 0 Å². The number of anilines is 6. The van der Waals surface area contributed by atoms with Crippen molar-refractivity contribution in [2.24, 2.45) is 0 Å². The van der Waals surface area contributed by atoms with Gasteiger partial charge < -0.3 is 18.6 Å². The molecule has 0 atom stereocenters. The Morgan fingerprint density at radius 2 is 0.588 bits per heavy atom. The van der Waals surface area contributed by atoms with E-state index in [1.165, 1.54) is 130 Å². The molecule has 0 unspecified atom stereocenters. The quantitative estimate of drug-likeness (QED) is 0.122. The molecular weight excluding hydrogens is 1180 g/mol. The Morgan fingerprint density at radius 3 is 1.00 bits per heavy atom. The number of rotatable bonds is 12. The fourth-order valence-corrected chi connectivity index (χ4v) is 17.7. The third kappa shape index (κ3) is 9.24. The Bertz CT molecular complexity index is 5320. The van der Waals surface area contributed by atoms with Gasteiger partial charge in [0, 0.05) is 43.7 Å². The number of hydrogen-bond donors (Lipinski definition) is 0. The van der Waals surface area contributed by atoms with E-state index >= 15 is 0 Å². The van der Waals surface area contributed by atoms with E-state index < -0.39 is 5.41 Å². The predicted octanol–water partition coefficient (Wildman–Crippen LogP) is 26.5. The van der Waals surface area contributed by atoms with Gasteiger partial charge in [-0.15, -0.1) is 0 Å². The molecule has 16 aromatic rings. The van der Waals surface area contributed by atoms with Crippen molar-refractivity contribution >= 4 is 99.5 Å². The summed E-state index contributed by atoms with van der Waals surface area (Å²) >= 11 is 0. The zero-order valence-electron chi connectivity index (χ0n) is 54.3. The van der Waals surface area contributed by atoms with Crippen LogP contribution in [0.3, 0.4) is 0 Å². The van der Waals surface area contributed by atoms with E-state index in [2.05, 4.69) is 313 Å². The molecule has 2 saturated carbocycles. The standard InChI is InChI=1S/C93H72N2O2/c1-7-29-61(30-8-1)65-37-23-43-69(57-65)94(83-55-27-53-79-77-51-25-49-71(89(77)96-91(79)83)63-33-11-3-12-34-63)85-59-81-87(75-47-21-19-45-73(75)85)88-76-48-22-20-46-74(76)86(60-82(88)93(81,67-39-15-5-16-40-67)68-41-17-6-18-42-68)95(70-44-24-38-66(58-70)62-31-9-2-10-32-62)84-56-28-54-80-78-52-26-50-72(90(78)97-92(80)84)64-35-13-4-14-36-64/h1-2,5-10,15-32,37-60,63-64H,3-4,11-14,33-36H2. The zero-order valence-corrected chi connectivity index (χ0v) is 54.3. The predicted molar refractivity (Wildman–Crippen MR) is 405 cm³/mol. The van der Waals surface area contributed by atoms with Gasteiger partial charge in [0.1, 0.15) is 11.2 Å². The van der Waals surface area contributed by atoms with E-state index in [1.807, 2.05) is 0 Å². The van der Waals surface area contributed by atoms with Gasteiger partial charge in [-0.25, -0.2) is 0 Å². The van der Waals surface area contributed by atoms with Gasteiger partial charge in [0.05, 0.1) is 28.2 Å². The van der Waals surface area contributed by atoms with Crippen LogP contribution in [0.5, 0.6) is 0 Å². The van der Waals surface area contributed by atoms with Gasteiger partial charge in [-0.2, -0.15) is 0 Å². The highest BCUT2D eigenvalue weighted by Crippen LogP contribution is 2.64. The van der Waals surface area contributed by atoms with Crippen molar-refractivity contribution < 1.29 is 8.83 Å². The number of para-hydroxylation sites is 4. The first-order chi connectivity index (χ1) is 48.2. The highest BCUT2D eigenvalue weighted by atomic mass is 16.3. The van der Waals surface area contributed by atoms with E-state index in [1.54, 1.807) is 0 Å². The van der Waals surface area contributed by atoms with Crippen LogP contribution in [-0.4, -0.2) is 0 Å². The molecule has 3 aliphatic rings. The smallest absolute Gasteiger partial charge is 0.159 e. The maximum atomic E-state index is 7.56. The average Bonchev–Trinajstić information content (AvgIpc) is 1.53. The van der Waals surface area contributed by atoms with E-state index in [9.17, 15) is 0 Å². The molecule has 97 heavy (non-hydrogen) atoms. The van der Waals surface area contributed by atoms with Crippen molar-refractivity contribution in [2.45, 2.75) is 81.5 Å². The molecule has 14 aromatic carbocycles. The lowest BCUT2D eigenvalue weighted by Crippen LogP contribution is -2.29. The molecule has 0 radical (unpaired) electrons. The first-order valence-corrected chi connectivity index (χ1v) is 35.2. The highest BCUT2D eigenvalue weighted by molar-refractivity contribution is 6.21. The van der Waals surface area contributed by atoms with Crippen LogP contribution in [0.2, 0.25) is 0 Å². The van der Waals surface area contributed by atoms with Crippen molar-refractivity contribution in [1.82, 2.24) is 0 Å². The monoisotopic (exact) mass is 1250 g/mol. The van der Waals surface area contributed by atoms with Crippen LogP contribution in [-0.2, 0) is 5.41 Å². The van der Waals surface area contributed by atoms with E-state index in [0.717, 1.165) is 100 Å². The summed E-state index contributed by atoms with van der Waals surface area (Å²) in [4.78, 5) is 5.06. The number of benzene rings is 14. The summed E-state index contributed by atoms with van der Waals surface area (Å²) in [6, 6.07) is 114. The summed E-state index contributed by atoms with van der Waals surface area (Å²) in [5.74, 6) is 0.931. The average molecular weight is 1250 g/mol. The van der Waals surface area contributed by atoms with E-state index in [-0.39, 0.29) is 0 Å². The lowest BCUT2D eigenvalue weighted by atomic mass is 9.67. The van der Waals surface area contributed by atoms with Crippen molar-refractivity contribution in [3.05, 3.63) is 337 Å². The molecule has 3 aliphatic carbocycles. The van der Waals surface area contributed by atoms with Crippen molar-refractivity contribution in [1.29, 1.82) is 0 Å². The van der Waals surface area contributed by atoms with Crippen molar-refractivity contribution in [2.75, 3.05) is 9.80 Å². The summed E-state index contributed by atoms with van der Waals surface area (Å²) in [6.45, 7) is 0. The molecule has 2 heterocycles. The summed E-state index contributed by atoms with van der Waals surface area (Å²) in [5.41, 5.74) is 23.6. The summed E-state index contributed by atoms with van der Waals surface area (Å²) in [7, 11) is 0. The van der Waals surface area contributed by atoms with Crippen LogP contribution in [0, 0.1) is 0 Å². The topological polar surface area (TPSA) is 32.8 Å². The second-order valence-electron chi connectivity index (χ2n) is 27.3. The molecular formula is C93H72N2O2. The second kappa shape index (κ2) is 23.6. The lowest BCUT2D eigenvalue weighted by molar-refractivity contribution is 0.442. The first kappa shape index (κ1) is 57.3. The summed E-state index contributed by atoms with van der Waals surface area (Å²) in [5, 5.41) is 9.22. The minimum atomic E-state index is -0.875. The minimum absolute atomic E-state index is 0.466. The van der Waals surface area contributed by atoms with Crippen LogP contribution in [0.15, 0.2) is 312 Å². The molecule has 2 fully saturated rings. The third-order valence-corrected chi connectivity index (χ3v) is 22.1. The molecule has 4 nitrogen and oxygen atoms in total. The van der Waals surface area contributed by atoms with Gasteiger partial charge in [0.25, 0.3) is 0 Å². The van der Waals surface area contributed by atoms with Gasteiger partial charge >= 0.3 is 0 Å². The number of furan rings is 2. The third-order valence-electron chi connectivity index (χ3n) is 22.1. The molecule has 0 spiro atoms. The summed E-state index contributed by atoms with van der Waals surface area (Å²) in [6.07, 6.45) is 12.3. The van der Waals surface area contributed by atoms with Crippen molar-refractivity contribution in [3.63, 3.8) is 0 Å². The van der Waals surface area contributed by atoms with E-state index in [4.69, 9.17) is 8.83 Å². The Balaban J connectivity index is 0.921.